The van der Waals surface area contributed by atoms with Crippen LogP contribution in [-0.4, -0.2) is 24.3 Å². The van der Waals surface area contributed by atoms with Crippen molar-refractivity contribution in [3.63, 3.8) is 0 Å². The fraction of sp³-hybridized carbons (Fsp3) is 0.125. The summed E-state index contributed by atoms with van der Waals surface area (Å²) in [7, 11) is 1.55. The van der Waals surface area contributed by atoms with Crippen LogP contribution in [0.3, 0.4) is 0 Å². The fourth-order valence-electron chi connectivity index (χ4n) is 1.83. The van der Waals surface area contributed by atoms with Crippen molar-refractivity contribution in [1.29, 1.82) is 0 Å². The number of hydrogen-bond donors (Lipinski definition) is 2. The van der Waals surface area contributed by atoms with Gasteiger partial charge in [-0.1, -0.05) is 44.0 Å². The van der Waals surface area contributed by atoms with Gasteiger partial charge in [-0.3, -0.25) is 4.79 Å². The number of halogens is 2. The topological polar surface area (TPSA) is 70.9 Å². The zero-order chi connectivity index (χ0) is 16.8. The van der Waals surface area contributed by atoms with E-state index < -0.39 is 12.0 Å². The average Bonchev–Trinajstić information content (AvgIpc) is 2.55. The van der Waals surface area contributed by atoms with Gasteiger partial charge in [0.15, 0.2) is 6.10 Å². The number of methoxy groups -OCH3 is 1. The molecule has 2 aromatic rings. The first-order valence-electron chi connectivity index (χ1n) is 6.61. The smallest absolute Gasteiger partial charge is 0.273 e. The number of ether oxygens (including phenoxy) is 1. The lowest BCUT2D eigenvalue weighted by molar-refractivity contribution is -0.129. The summed E-state index contributed by atoms with van der Waals surface area (Å²) in [5.74, 6) is 0.0113. The lowest BCUT2D eigenvalue weighted by Gasteiger charge is -2.09. The van der Waals surface area contributed by atoms with Gasteiger partial charge in [0, 0.05) is 14.5 Å². The summed E-state index contributed by atoms with van der Waals surface area (Å²) in [6.45, 7) is 0. The SMILES string of the molecule is COc1ccc(Br)cc1/C=N/NC(=O)C(O)c1ccc(Br)cc1. The third kappa shape index (κ3) is 4.89. The first-order valence-corrected chi connectivity index (χ1v) is 8.20. The summed E-state index contributed by atoms with van der Waals surface area (Å²) in [4.78, 5) is 11.9. The Kier molecular flexibility index (Phi) is 6.32. The van der Waals surface area contributed by atoms with Crippen LogP contribution >= 0.6 is 31.9 Å². The molecule has 0 saturated heterocycles. The number of amides is 1. The van der Waals surface area contributed by atoms with Gasteiger partial charge < -0.3 is 9.84 Å². The van der Waals surface area contributed by atoms with Crippen molar-refractivity contribution >= 4 is 44.0 Å². The van der Waals surface area contributed by atoms with Crippen LogP contribution in [0, 0.1) is 0 Å². The fourth-order valence-corrected chi connectivity index (χ4v) is 2.47. The van der Waals surface area contributed by atoms with E-state index in [1.54, 1.807) is 43.5 Å². The molecule has 2 aromatic carbocycles. The van der Waals surface area contributed by atoms with Crippen LogP contribution in [-0.2, 0) is 4.79 Å². The number of rotatable bonds is 5. The van der Waals surface area contributed by atoms with Gasteiger partial charge in [0.25, 0.3) is 5.91 Å². The monoisotopic (exact) mass is 440 g/mol. The van der Waals surface area contributed by atoms with Gasteiger partial charge in [0.1, 0.15) is 5.75 Å². The molecule has 1 atom stereocenters. The maximum atomic E-state index is 11.9. The Morgan fingerprint density at radius 3 is 2.52 bits per heavy atom. The highest BCUT2D eigenvalue weighted by atomic mass is 79.9. The summed E-state index contributed by atoms with van der Waals surface area (Å²) >= 11 is 6.65. The summed E-state index contributed by atoms with van der Waals surface area (Å²) in [5, 5.41) is 13.8. The molecule has 0 bridgehead atoms. The predicted octanol–water partition coefficient (Wildman–Crippen LogP) is 3.40. The predicted molar refractivity (Wildman–Crippen MR) is 95.5 cm³/mol. The zero-order valence-corrected chi connectivity index (χ0v) is 15.3. The highest BCUT2D eigenvalue weighted by Crippen LogP contribution is 2.21. The van der Waals surface area contributed by atoms with E-state index in [0.717, 1.165) is 8.95 Å². The lowest BCUT2D eigenvalue weighted by Crippen LogP contribution is -2.25. The number of carbonyl (C=O) groups is 1. The molecular formula is C16H14Br2N2O3. The molecule has 5 nitrogen and oxygen atoms in total. The van der Waals surface area contributed by atoms with Gasteiger partial charge in [-0.25, -0.2) is 5.43 Å². The van der Waals surface area contributed by atoms with Crippen molar-refractivity contribution < 1.29 is 14.6 Å². The van der Waals surface area contributed by atoms with E-state index in [1.165, 1.54) is 6.21 Å². The van der Waals surface area contributed by atoms with Crippen molar-refractivity contribution in [2.45, 2.75) is 6.10 Å². The normalized spacial score (nSPS) is 12.2. The second-order valence-corrected chi connectivity index (χ2v) is 6.41. The molecule has 0 heterocycles. The summed E-state index contributed by atoms with van der Waals surface area (Å²) < 4.78 is 6.94. The molecule has 0 fully saturated rings. The Labute approximate surface area is 150 Å². The van der Waals surface area contributed by atoms with Crippen molar-refractivity contribution in [3.05, 3.63) is 62.5 Å². The number of hydrogen-bond acceptors (Lipinski definition) is 4. The second-order valence-electron chi connectivity index (χ2n) is 4.57. The van der Waals surface area contributed by atoms with E-state index in [9.17, 15) is 9.90 Å². The average molecular weight is 442 g/mol. The quantitative estimate of drug-likeness (QED) is 0.551. The van der Waals surface area contributed by atoms with Crippen LogP contribution in [0.2, 0.25) is 0 Å². The summed E-state index contributed by atoms with van der Waals surface area (Å²) in [5.41, 5.74) is 3.49. The van der Waals surface area contributed by atoms with E-state index in [-0.39, 0.29) is 0 Å². The molecule has 23 heavy (non-hydrogen) atoms. The summed E-state index contributed by atoms with van der Waals surface area (Å²) in [6.07, 6.45) is 0.167. The number of nitrogens with one attached hydrogen (secondary N) is 1. The second kappa shape index (κ2) is 8.24. The molecule has 1 amide bonds. The molecule has 0 spiro atoms. The molecule has 0 aromatic heterocycles. The van der Waals surface area contributed by atoms with Crippen LogP contribution in [0.4, 0.5) is 0 Å². The van der Waals surface area contributed by atoms with Crippen molar-refractivity contribution in [1.82, 2.24) is 5.43 Å². The van der Waals surface area contributed by atoms with Crippen LogP contribution in [0.25, 0.3) is 0 Å². The number of hydrazone groups is 1. The largest absolute Gasteiger partial charge is 0.496 e. The molecule has 0 aliphatic heterocycles. The molecular weight excluding hydrogens is 428 g/mol. The minimum atomic E-state index is -1.29. The number of aliphatic hydroxyl groups excluding tert-OH is 1. The molecule has 2 rings (SSSR count). The van der Waals surface area contributed by atoms with Crippen LogP contribution < -0.4 is 10.2 Å². The van der Waals surface area contributed by atoms with E-state index in [2.05, 4.69) is 42.4 Å². The lowest BCUT2D eigenvalue weighted by atomic mass is 10.1. The molecule has 1 unspecified atom stereocenters. The molecule has 2 N–H and O–H groups in total. The van der Waals surface area contributed by atoms with Gasteiger partial charge in [0.05, 0.1) is 13.3 Å². The summed E-state index contributed by atoms with van der Waals surface area (Å²) in [6, 6.07) is 12.3. The number of nitrogens with zero attached hydrogens (tertiary/aromatic N) is 1. The van der Waals surface area contributed by atoms with Crippen LogP contribution in [0.1, 0.15) is 17.2 Å². The van der Waals surface area contributed by atoms with Gasteiger partial charge in [-0.2, -0.15) is 5.10 Å². The van der Waals surface area contributed by atoms with E-state index in [1.807, 2.05) is 6.07 Å². The van der Waals surface area contributed by atoms with E-state index in [0.29, 0.717) is 16.9 Å². The Bertz CT molecular complexity index is 718. The van der Waals surface area contributed by atoms with E-state index in [4.69, 9.17) is 4.74 Å². The van der Waals surface area contributed by atoms with Crippen LogP contribution in [0.15, 0.2) is 56.5 Å². The van der Waals surface area contributed by atoms with Gasteiger partial charge in [-0.05, 0) is 35.9 Å². The standard InChI is InChI=1S/C16H14Br2N2O3/c1-23-14-7-6-13(18)8-11(14)9-19-20-16(22)15(21)10-2-4-12(17)5-3-10/h2-9,15,21H,1H3,(H,20,22)/b19-9+. The Balaban J connectivity index is 2.03. The maximum absolute atomic E-state index is 11.9. The van der Waals surface area contributed by atoms with Crippen molar-refractivity contribution in [2.75, 3.05) is 7.11 Å². The third-order valence-corrected chi connectivity index (χ3v) is 4.03. The molecule has 7 heteroatoms. The Morgan fingerprint density at radius 1 is 1.22 bits per heavy atom. The van der Waals surface area contributed by atoms with Gasteiger partial charge >= 0.3 is 0 Å². The molecule has 0 radical (unpaired) electrons. The van der Waals surface area contributed by atoms with Gasteiger partial charge in [0.2, 0.25) is 0 Å². The van der Waals surface area contributed by atoms with Crippen molar-refractivity contribution in [2.24, 2.45) is 5.10 Å². The van der Waals surface area contributed by atoms with Crippen LogP contribution in [0.5, 0.6) is 5.75 Å². The molecule has 120 valence electrons. The number of aliphatic hydroxyl groups is 1. The number of carbonyl (C=O) groups excluding carboxylic acids is 1. The van der Waals surface area contributed by atoms with Crippen molar-refractivity contribution in [3.8, 4) is 5.75 Å². The highest BCUT2D eigenvalue weighted by molar-refractivity contribution is 9.10. The third-order valence-electron chi connectivity index (χ3n) is 3.00. The maximum Gasteiger partial charge on any atom is 0.273 e. The first-order chi connectivity index (χ1) is 11.0. The van der Waals surface area contributed by atoms with E-state index >= 15 is 0 Å². The minimum Gasteiger partial charge on any atom is -0.496 e. The Hall–Kier alpha value is -1.70. The molecule has 0 aliphatic rings. The molecule has 0 aliphatic carbocycles. The van der Waals surface area contributed by atoms with Gasteiger partial charge in [-0.15, -0.1) is 0 Å². The zero-order valence-electron chi connectivity index (χ0n) is 12.2. The highest BCUT2D eigenvalue weighted by Gasteiger charge is 2.16. The number of benzene rings is 2. The molecule has 0 saturated carbocycles. The first kappa shape index (κ1) is 17.7. The minimum absolute atomic E-state index is 0.487. The Morgan fingerprint density at radius 2 is 1.87 bits per heavy atom.